The largest absolute Gasteiger partial charge is 0.379 e. The van der Waals surface area contributed by atoms with Gasteiger partial charge in [0.05, 0.1) is 19.3 Å². The van der Waals surface area contributed by atoms with Crippen molar-refractivity contribution in [2.24, 2.45) is 0 Å². The van der Waals surface area contributed by atoms with Crippen molar-refractivity contribution in [2.75, 3.05) is 56.7 Å². The number of morpholine rings is 1. The molecule has 0 aromatic heterocycles. The van der Waals surface area contributed by atoms with E-state index in [0.717, 1.165) is 38.0 Å². The number of rotatable bonds is 5. The molecule has 2 aromatic carbocycles. The minimum atomic E-state index is -0.646. The molecule has 1 fully saturated rings. The number of amides is 2. The average molecular weight is 437 g/mol. The van der Waals surface area contributed by atoms with Crippen LogP contribution in [0.3, 0.4) is 0 Å². The summed E-state index contributed by atoms with van der Waals surface area (Å²) in [6.45, 7) is 6.28. The van der Waals surface area contributed by atoms with Crippen molar-refractivity contribution in [3.05, 3.63) is 59.2 Å². The van der Waals surface area contributed by atoms with E-state index in [1.807, 2.05) is 25.1 Å². The predicted molar refractivity (Wildman–Crippen MR) is 126 cm³/mol. The zero-order valence-electron chi connectivity index (χ0n) is 18.9. The number of benzene rings is 2. The molecule has 7 nitrogen and oxygen atoms in total. The molecule has 2 aliphatic heterocycles. The minimum Gasteiger partial charge on any atom is -0.379 e. The van der Waals surface area contributed by atoms with Gasteiger partial charge in [-0.1, -0.05) is 30.3 Å². The molecule has 2 aromatic rings. The molecule has 2 aliphatic rings. The Hall–Kier alpha value is -2.90. The van der Waals surface area contributed by atoms with Crippen molar-refractivity contribution in [1.82, 2.24) is 10.2 Å². The maximum atomic E-state index is 12.6. The molecule has 2 amide bonds. The van der Waals surface area contributed by atoms with E-state index < -0.39 is 11.8 Å². The topological polar surface area (TPSA) is 73.9 Å². The Balaban J connectivity index is 1.47. The van der Waals surface area contributed by atoms with Crippen LogP contribution in [0.1, 0.15) is 29.2 Å². The summed E-state index contributed by atoms with van der Waals surface area (Å²) in [4.78, 5) is 29.7. The van der Waals surface area contributed by atoms with E-state index in [9.17, 15) is 9.59 Å². The lowest BCUT2D eigenvalue weighted by Crippen LogP contribution is -2.45. The highest BCUT2D eigenvalue weighted by molar-refractivity contribution is 6.39. The van der Waals surface area contributed by atoms with Crippen LogP contribution in [0, 0.1) is 6.92 Å². The molecule has 1 atom stereocenters. The molecule has 0 bridgehead atoms. The Morgan fingerprint density at radius 1 is 1.06 bits per heavy atom. The summed E-state index contributed by atoms with van der Waals surface area (Å²) in [5.41, 5.74) is 5.36. The fourth-order valence-corrected chi connectivity index (χ4v) is 4.52. The number of nitrogens with zero attached hydrogens (tertiary/aromatic N) is 2. The van der Waals surface area contributed by atoms with Crippen molar-refractivity contribution in [3.8, 4) is 0 Å². The van der Waals surface area contributed by atoms with Gasteiger partial charge in [-0.05, 0) is 48.6 Å². The fourth-order valence-electron chi connectivity index (χ4n) is 4.52. The molecule has 0 radical (unpaired) electrons. The Morgan fingerprint density at radius 3 is 2.62 bits per heavy atom. The van der Waals surface area contributed by atoms with Crippen LogP contribution in [0.15, 0.2) is 42.5 Å². The van der Waals surface area contributed by atoms with Crippen LogP contribution in [0.4, 0.5) is 11.4 Å². The van der Waals surface area contributed by atoms with Crippen LogP contribution in [0.25, 0.3) is 0 Å². The zero-order valence-corrected chi connectivity index (χ0v) is 18.9. The molecular weight excluding hydrogens is 404 g/mol. The van der Waals surface area contributed by atoms with Gasteiger partial charge in [-0.15, -0.1) is 0 Å². The van der Waals surface area contributed by atoms with Crippen LogP contribution in [0.2, 0.25) is 0 Å². The summed E-state index contributed by atoms with van der Waals surface area (Å²) < 4.78 is 5.53. The van der Waals surface area contributed by atoms with E-state index >= 15 is 0 Å². The number of aryl methyl sites for hydroxylation is 2. The second-order valence-electron chi connectivity index (χ2n) is 8.56. The molecule has 32 heavy (non-hydrogen) atoms. The smallest absolute Gasteiger partial charge is 0.313 e. The Kier molecular flexibility index (Phi) is 7.07. The van der Waals surface area contributed by atoms with Gasteiger partial charge in [-0.3, -0.25) is 14.5 Å². The lowest BCUT2D eigenvalue weighted by Gasteiger charge is -2.36. The van der Waals surface area contributed by atoms with Crippen molar-refractivity contribution in [2.45, 2.75) is 25.8 Å². The molecule has 0 saturated carbocycles. The van der Waals surface area contributed by atoms with Crippen LogP contribution >= 0.6 is 0 Å². The quantitative estimate of drug-likeness (QED) is 0.705. The minimum absolute atomic E-state index is 0.00774. The molecule has 0 unspecified atom stereocenters. The summed E-state index contributed by atoms with van der Waals surface area (Å²) in [5, 5.41) is 5.57. The van der Waals surface area contributed by atoms with Gasteiger partial charge in [0.2, 0.25) is 0 Å². The molecule has 2 N–H and O–H groups in total. The molecule has 1 saturated heterocycles. The first-order valence-corrected chi connectivity index (χ1v) is 11.3. The fraction of sp³-hybridized carbons (Fsp3) is 0.440. The van der Waals surface area contributed by atoms with Crippen LogP contribution in [-0.2, 0) is 20.7 Å². The lowest BCUT2D eigenvalue weighted by atomic mass is 9.95. The van der Waals surface area contributed by atoms with Gasteiger partial charge < -0.3 is 20.3 Å². The first-order chi connectivity index (χ1) is 15.5. The van der Waals surface area contributed by atoms with Crippen LogP contribution in [0.5, 0.6) is 0 Å². The number of anilines is 2. The van der Waals surface area contributed by atoms with Gasteiger partial charge in [0.25, 0.3) is 0 Å². The number of carbonyl (C=O) groups excluding carboxylic acids is 2. The van der Waals surface area contributed by atoms with E-state index in [1.54, 1.807) is 6.07 Å². The highest BCUT2D eigenvalue weighted by Crippen LogP contribution is 2.31. The third-order valence-corrected chi connectivity index (χ3v) is 6.38. The summed E-state index contributed by atoms with van der Waals surface area (Å²) in [5.74, 6) is -1.27. The number of carbonyl (C=O) groups is 2. The van der Waals surface area contributed by atoms with Gasteiger partial charge in [-0.2, -0.15) is 0 Å². The lowest BCUT2D eigenvalue weighted by molar-refractivity contribution is -0.136. The van der Waals surface area contributed by atoms with Crippen LogP contribution < -0.4 is 15.5 Å². The van der Waals surface area contributed by atoms with Gasteiger partial charge in [0.1, 0.15) is 0 Å². The van der Waals surface area contributed by atoms with E-state index in [1.165, 1.54) is 16.8 Å². The summed E-state index contributed by atoms with van der Waals surface area (Å²) in [7, 11) is 2.13. The van der Waals surface area contributed by atoms with Gasteiger partial charge in [0, 0.05) is 44.6 Å². The SMILES string of the molecule is Cc1ccccc1NC(=O)C(=O)NC[C@@H](c1ccc2c(c1)CCCN2C)N1CCOCC1. The number of fused-ring (bicyclic) bond motifs is 1. The molecule has 4 rings (SSSR count). The number of nitrogens with one attached hydrogen (secondary N) is 2. The number of para-hydroxylation sites is 1. The second kappa shape index (κ2) is 10.1. The van der Waals surface area contributed by atoms with E-state index in [0.29, 0.717) is 25.4 Å². The Bertz CT molecular complexity index is 971. The van der Waals surface area contributed by atoms with E-state index in [4.69, 9.17) is 4.74 Å². The summed E-state index contributed by atoms with van der Waals surface area (Å²) in [6.07, 6.45) is 2.21. The van der Waals surface area contributed by atoms with Crippen molar-refractivity contribution >= 4 is 23.2 Å². The molecule has 0 spiro atoms. The highest BCUT2D eigenvalue weighted by atomic mass is 16.5. The van der Waals surface area contributed by atoms with Gasteiger partial charge in [0.15, 0.2) is 0 Å². The zero-order chi connectivity index (χ0) is 22.5. The summed E-state index contributed by atoms with van der Waals surface area (Å²) >= 11 is 0. The molecule has 7 heteroatoms. The third-order valence-electron chi connectivity index (χ3n) is 6.38. The molecule has 0 aliphatic carbocycles. The van der Waals surface area contributed by atoms with Gasteiger partial charge in [-0.25, -0.2) is 0 Å². The van der Waals surface area contributed by atoms with E-state index in [2.05, 4.69) is 45.7 Å². The third kappa shape index (κ3) is 5.11. The Labute approximate surface area is 189 Å². The maximum absolute atomic E-state index is 12.6. The van der Waals surface area contributed by atoms with Crippen LogP contribution in [-0.4, -0.2) is 63.2 Å². The molecule has 2 heterocycles. The van der Waals surface area contributed by atoms with Crippen molar-refractivity contribution in [3.63, 3.8) is 0 Å². The second-order valence-corrected chi connectivity index (χ2v) is 8.56. The first-order valence-electron chi connectivity index (χ1n) is 11.3. The van der Waals surface area contributed by atoms with Crippen molar-refractivity contribution < 1.29 is 14.3 Å². The number of hydrogen-bond acceptors (Lipinski definition) is 5. The first kappa shape index (κ1) is 22.3. The number of hydrogen-bond donors (Lipinski definition) is 2. The highest BCUT2D eigenvalue weighted by Gasteiger charge is 2.26. The van der Waals surface area contributed by atoms with E-state index in [-0.39, 0.29) is 6.04 Å². The number of ether oxygens (including phenoxy) is 1. The van der Waals surface area contributed by atoms with Gasteiger partial charge >= 0.3 is 11.8 Å². The average Bonchev–Trinajstić information content (AvgIpc) is 2.81. The summed E-state index contributed by atoms with van der Waals surface area (Å²) in [6, 6.07) is 14.0. The predicted octanol–water partition coefficient (Wildman–Crippen LogP) is 2.51. The Morgan fingerprint density at radius 2 is 1.84 bits per heavy atom. The van der Waals surface area contributed by atoms with Crippen molar-refractivity contribution in [1.29, 1.82) is 0 Å². The molecule has 170 valence electrons. The normalized spacial score (nSPS) is 17.4. The maximum Gasteiger partial charge on any atom is 0.313 e. The molecular formula is C25H32N4O3. The monoisotopic (exact) mass is 436 g/mol. The standard InChI is InChI=1S/C25H32N4O3/c1-18-6-3-4-8-21(18)27-25(31)24(30)26-17-23(29-12-14-32-15-13-29)20-9-10-22-19(16-20)7-5-11-28(22)2/h3-4,6,8-10,16,23H,5,7,11-15,17H2,1-2H3,(H,26,30)(H,27,31)/t23-/m0/s1.